The van der Waals surface area contributed by atoms with Crippen LogP contribution in [0.1, 0.15) is 54.1 Å². The summed E-state index contributed by atoms with van der Waals surface area (Å²) in [6.45, 7) is 2.12. The maximum Gasteiger partial charge on any atom is 0.262 e. The van der Waals surface area contributed by atoms with Crippen LogP contribution in [-0.4, -0.2) is 41.0 Å². The van der Waals surface area contributed by atoms with Crippen molar-refractivity contribution in [2.75, 3.05) is 13.6 Å². The van der Waals surface area contributed by atoms with E-state index in [0.29, 0.717) is 6.42 Å². The molecule has 4 rings (SSSR count). The number of hydrogen-bond acceptors (Lipinski definition) is 4. The molecule has 0 spiro atoms. The number of benzene rings is 1. The molecule has 1 fully saturated rings. The number of hydrazone groups is 1. The first kappa shape index (κ1) is 19.8. The lowest BCUT2D eigenvalue weighted by atomic mass is 10.00. The monoisotopic (exact) mass is 409 g/mol. The van der Waals surface area contributed by atoms with E-state index < -0.39 is 0 Å². The second-order valence-corrected chi connectivity index (χ2v) is 9.02. The van der Waals surface area contributed by atoms with E-state index in [0.717, 1.165) is 41.8 Å². The largest absolute Gasteiger partial charge is 0.336 e. The average Bonchev–Trinajstić information content (AvgIpc) is 3.48. The number of hydrogen-bond donors (Lipinski definition) is 0. The Labute approximate surface area is 176 Å². The topological polar surface area (TPSA) is 53.0 Å². The van der Waals surface area contributed by atoms with Gasteiger partial charge in [0.1, 0.15) is 6.54 Å². The lowest BCUT2D eigenvalue weighted by Crippen LogP contribution is -2.41. The highest BCUT2D eigenvalue weighted by Crippen LogP contribution is 2.34. The van der Waals surface area contributed by atoms with Crippen LogP contribution in [0.4, 0.5) is 0 Å². The SMILES string of the molecule is Cc1ccc([C@H]2CC(c3cccs3)=NN2C(=O)CN(C)C(=O)C2CCCC2)cc1. The Morgan fingerprint density at radius 2 is 1.90 bits per heavy atom. The fourth-order valence-electron chi connectivity index (χ4n) is 4.22. The molecule has 1 aliphatic carbocycles. The number of amides is 2. The second-order valence-electron chi connectivity index (χ2n) is 8.07. The van der Waals surface area contributed by atoms with Crippen LogP contribution in [0.15, 0.2) is 46.9 Å². The van der Waals surface area contributed by atoms with Gasteiger partial charge in [-0.05, 0) is 36.8 Å². The summed E-state index contributed by atoms with van der Waals surface area (Å²) in [5.41, 5.74) is 3.19. The van der Waals surface area contributed by atoms with Gasteiger partial charge in [0.2, 0.25) is 5.91 Å². The maximum atomic E-state index is 13.2. The predicted octanol–water partition coefficient (Wildman–Crippen LogP) is 4.38. The second kappa shape index (κ2) is 8.49. The molecule has 0 radical (unpaired) electrons. The van der Waals surface area contributed by atoms with Crippen LogP contribution in [0.25, 0.3) is 0 Å². The van der Waals surface area contributed by atoms with Crippen molar-refractivity contribution in [3.63, 3.8) is 0 Å². The van der Waals surface area contributed by atoms with E-state index in [9.17, 15) is 9.59 Å². The fourth-order valence-corrected chi connectivity index (χ4v) is 4.94. The van der Waals surface area contributed by atoms with Crippen molar-refractivity contribution >= 4 is 28.9 Å². The third-order valence-electron chi connectivity index (χ3n) is 5.89. The summed E-state index contributed by atoms with van der Waals surface area (Å²) in [4.78, 5) is 28.5. The average molecular weight is 410 g/mol. The molecule has 1 saturated carbocycles. The lowest BCUT2D eigenvalue weighted by Gasteiger charge is -2.26. The van der Waals surface area contributed by atoms with E-state index in [1.807, 2.05) is 17.5 Å². The molecular formula is C23H27N3O2S. The zero-order valence-corrected chi connectivity index (χ0v) is 17.8. The standard InChI is InChI=1S/C23H27N3O2S/c1-16-9-11-17(12-10-16)20-14-19(21-8-5-13-29-21)24-26(20)22(27)15-25(2)23(28)18-6-3-4-7-18/h5,8-13,18,20H,3-4,6-7,14-15H2,1-2H3/t20-/m1/s1. The third-order valence-corrected chi connectivity index (χ3v) is 6.81. The van der Waals surface area contributed by atoms with Gasteiger partial charge in [0, 0.05) is 19.4 Å². The van der Waals surface area contributed by atoms with Gasteiger partial charge in [0.25, 0.3) is 5.91 Å². The van der Waals surface area contributed by atoms with Crippen LogP contribution in [-0.2, 0) is 9.59 Å². The van der Waals surface area contributed by atoms with Crippen molar-refractivity contribution < 1.29 is 9.59 Å². The molecule has 29 heavy (non-hydrogen) atoms. The molecule has 152 valence electrons. The third kappa shape index (κ3) is 4.27. The van der Waals surface area contributed by atoms with Gasteiger partial charge in [-0.1, -0.05) is 48.7 Å². The molecule has 1 aromatic carbocycles. The zero-order chi connectivity index (χ0) is 20.4. The molecule has 0 unspecified atom stereocenters. The van der Waals surface area contributed by atoms with Gasteiger partial charge < -0.3 is 4.90 Å². The van der Waals surface area contributed by atoms with Crippen LogP contribution in [0.5, 0.6) is 0 Å². The molecular weight excluding hydrogens is 382 g/mol. The molecule has 1 aliphatic heterocycles. The van der Waals surface area contributed by atoms with E-state index in [2.05, 4.69) is 31.2 Å². The number of carbonyl (C=O) groups is 2. The van der Waals surface area contributed by atoms with Crippen molar-refractivity contribution in [1.29, 1.82) is 0 Å². The minimum atomic E-state index is -0.129. The Morgan fingerprint density at radius 3 is 2.55 bits per heavy atom. The first-order chi connectivity index (χ1) is 14.0. The molecule has 6 heteroatoms. The first-order valence-corrected chi connectivity index (χ1v) is 11.2. The van der Waals surface area contributed by atoms with Crippen LogP contribution in [0, 0.1) is 12.8 Å². The van der Waals surface area contributed by atoms with E-state index in [-0.39, 0.29) is 30.3 Å². The van der Waals surface area contributed by atoms with Gasteiger partial charge in [-0.15, -0.1) is 11.3 Å². The summed E-state index contributed by atoms with van der Waals surface area (Å²) in [5.74, 6) is 0.0322. The molecule has 0 N–H and O–H groups in total. The summed E-state index contributed by atoms with van der Waals surface area (Å²) < 4.78 is 0. The normalized spacial score (nSPS) is 19.4. The molecule has 0 bridgehead atoms. The Kier molecular flexibility index (Phi) is 5.81. The van der Waals surface area contributed by atoms with Crippen molar-refractivity contribution in [2.24, 2.45) is 11.0 Å². The van der Waals surface area contributed by atoms with Crippen LogP contribution in [0.2, 0.25) is 0 Å². The molecule has 2 aliphatic rings. The van der Waals surface area contributed by atoms with E-state index in [1.165, 1.54) is 5.56 Å². The number of thiophene rings is 1. The van der Waals surface area contributed by atoms with Crippen molar-refractivity contribution in [2.45, 2.75) is 45.1 Å². The maximum absolute atomic E-state index is 13.2. The van der Waals surface area contributed by atoms with Gasteiger partial charge in [-0.25, -0.2) is 5.01 Å². The number of aryl methyl sites for hydroxylation is 1. The fraction of sp³-hybridized carbons (Fsp3) is 0.435. The molecule has 1 atom stereocenters. The summed E-state index contributed by atoms with van der Waals surface area (Å²) >= 11 is 1.64. The van der Waals surface area contributed by atoms with E-state index >= 15 is 0 Å². The Bertz CT molecular complexity index is 899. The van der Waals surface area contributed by atoms with Gasteiger partial charge in [-0.3, -0.25) is 9.59 Å². The zero-order valence-electron chi connectivity index (χ0n) is 17.0. The predicted molar refractivity (Wildman–Crippen MR) is 116 cm³/mol. The summed E-state index contributed by atoms with van der Waals surface area (Å²) in [7, 11) is 1.74. The smallest absolute Gasteiger partial charge is 0.262 e. The van der Waals surface area contributed by atoms with Crippen molar-refractivity contribution in [3.05, 3.63) is 57.8 Å². The molecule has 5 nitrogen and oxygen atoms in total. The molecule has 2 aromatic rings. The van der Waals surface area contributed by atoms with Crippen LogP contribution in [0.3, 0.4) is 0 Å². The summed E-state index contributed by atoms with van der Waals surface area (Å²) in [6.07, 6.45) is 4.78. The summed E-state index contributed by atoms with van der Waals surface area (Å²) in [6, 6.07) is 12.2. The molecule has 2 amide bonds. The van der Waals surface area contributed by atoms with Gasteiger partial charge in [-0.2, -0.15) is 5.10 Å². The molecule has 2 heterocycles. The summed E-state index contributed by atoms with van der Waals surface area (Å²) in [5, 5.41) is 8.31. The Balaban J connectivity index is 1.54. The van der Waals surface area contributed by atoms with Gasteiger partial charge in [0.15, 0.2) is 0 Å². The first-order valence-electron chi connectivity index (χ1n) is 10.3. The molecule has 0 saturated heterocycles. The van der Waals surface area contributed by atoms with Crippen LogP contribution >= 0.6 is 11.3 Å². The molecule has 1 aromatic heterocycles. The number of nitrogens with zero attached hydrogens (tertiary/aromatic N) is 3. The number of carbonyl (C=O) groups excluding carboxylic acids is 2. The van der Waals surface area contributed by atoms with E-state index in [1.54, 1.807) is 28.3 Å². The Hall–Kier alpha value is -2.47. The number of likely N-dealkylation sites (N-methyl/N-ethyl adjacent to an activating group) is 1. The Morgan fingerprint density at radius 1 is 1.17 bits per heavy atom. The van der Waals surface area contributed by atoms with E-state index in [4.69, 9.17) is 5.10 Å². The highest BCUT2D eigenvalue weighted by molar-refractivity contribution is 7.12. The number of rotatable bonds is 5. The minimum Gasteiger partial charge on any atom is -0.336 e. The lowest BCUT2D eigenvalue weighted by molar-refractivity contribution is -0.142. The highest BCUT2D eigenvalue weighted by atomic mass is 32.1. The quantitative estimate of drug-likeness (QED) is 0.736. The minimum absolute atomic E-state index is 0.0684. The highest BCUT2D eigenvalue weighted by Gasteiger charge is 2.35. The van der Waals surface area contributed by atoms with Crippen LogP contribution < -0.4 is 0 Å². The van der Waals surface area contributed by atoms with Crippen molar-refractivity contribution in [3.8, 4) is 0 Å². The van der Waals surface area contributed by atoms with Gasteiger partial charge >= 0.3 is 0 Å². The van der Waals surface area contributed by atoms with Gasteiger partial charge in [0.05, 0.1) is 16.6 Å². The van der Waals surface area contributed by atoms with Crippen molar-refractivity contribution in [1.82, 2.24) is 9.91 Å².